The summed E-state index contributed by atoms with van der Waals surface area (Å²) in [6.45, 7) is 0.803. The van der Waals surface area contributed by atoms with Gasteiger partial charge in [0.05, 0.1) is 6.20 Å². The van der Waals surface area contributed by atoms with Gasteiger partial charge in [-0.3, -0.25) is 0 Å². The summed E-state index contributed by atoms with van der Waals surface area (Å²) in [4.78, 5) is 15.1. The third kappa shape index (κ3) is 2.93. The first-order chi connectivity index (χ1) is 7.86. The van der Waals surface area contributed by atoms with Crippen LogP contribution in [-0.2, 0) is 6.42 Å². The molecule has 2 aromatic rings. The van der Waals surface area contributed by atoms with E-state index in [9.17, 15) is 0 Å². The van der Waals surface area contributed by atoms with Crippen LogP contribution < -0.4 is 5.32 Å². The van der Waals surface area contributed by atoms with Gasteiger partial charge in [0.15, 0.2) is 0 Å². The van der Waals surface area contributed by atoms with Gasteiger partial charge < -0.3 is 10.3 Å². The predicted octanol–water partition coefficient (Wildman–Crippen LogP) is 1.90. The number of aromatic amines is 1. The Labute approximate surface area is 98.3 Å². The molecule has 0 spiro atoms. The van der Waals surface area contributed by atoms with Crippen molar-refractivity contribution in [2.45, 2.75) is 12.8 Å². The molecule has 0 aliphatic rings. The number of nitrogens with zero attached hydrogens (tertiary/aromatic N) is 3. The molecule has 0 amide bonds. The number of H-pyrrole nitrogens is 1. The van der Waals surface area contributed by atoms with Crippen LogP contribution in [0.5, 0.6) is 0 Å². The minimum absolute atomic E-state index is 0.542. The summed E-state index contributed by atoms with van der Waals surface area (Å²) in [5.41, 5.74) is 0. The van der Waals surface area contributed by atoms with Gasteiger partial charge in [0.25, 0.3) is 0 Å². The van der Waals surface area contributed by atoms with Gasteiger partial charge in [0, 0.05) is 25.4 Å². The van der Waals surface area contributed by atoms with Crippen molar-refractivity contribution in [3.63, 3.8) is 0 Å². The lowest BCUT2D eigenvalue weighted by atomic mass is 10.3. The van der Waals surface area contributed by atoms with Crippen LogP contribution >= 0.6 is 11.6 Å². The van der Waals surface area contributed by atoms with Crippen molar-refractivity contribution in [2.75, 3.05) is 11.9 Å². The van der Waals surface area contributed by atoms with E-state index in [4.69, 9.17) is 11.6 Å². The van der Waals surface area contributed by atoms with Crippen molar-refractivity contribution in [2.24, 2.45) is 0 Å². The maximum Gasteiger partial charge on any atom is 0.148 e. The first kappa shape index (κ1) is 10.9. The molecule has 0 saturated heterocycles. The van der Waals surface area contributed by atoms with Crippen LogP contribution in [-0.4, -0.2) is 26.5 Å². The molecule has 0 aromatic carbocycles. The van der Waals surface area contributed by atoms with Crippen molar-refractivity contribution in [3.8, 4) is 0 Å². The molecular weight excluding hydrogens is 226 g/mol. The average molecular weight is 238 g/mol. The van der Waals surface area contributed by atoms with Crippen LogP contribution in [0.15, 0.2) is 24.9 Å². The second-order valence-electron chi connectivity index (χ2n) is 3.29. The number of aromatic nitrogens is 4. The average Bonchev–Trinajstić information content (AvgIpc) is 2.79. The minimum atomic E-state index is 0.542. The molecule has 0 aliphatic carbocycles. The van der Waals surface area contributed by atoms with E-state index in [1.807, 2.05) is 6.20 Å². The lowest BCUT2D eigenvalue weighted by Gasteiger charge is -2.05. The highest BCUT2D eigenvalue weighted by molar-refractivity contribution is 6.32. The van der Waals surface area contributed by atoms with Crippen molar-refractivity contribution >= 4 is 17.4 Å². The minimum Gasteiger partial charge on any atom is -0.369 e. The van der Waals surface area contributed by atoms with E-state index in [0.717, 1.165) is 25.2 Å². The zero-order valence-electron chi connectivity index (χ0n) is 8.65. The van der Waals surface area contributed by atoms with Gasteiger partial charge >= 0.3 is 0 Å². The zero-order chi connectivity index (χ0) is 11.2. The normalized spacial score (nSPS) is 10.3. The highest BCUT2D eigenvalue weighted by Gasteiger charge is 2.00. The van der Waals surface area contributed by atoms with Gasteiger partial charge in [-0.25, -0.2) is 15.0 Å². The standard InChI is InChI=1S/C10H12ClN5/c11-8-6-12-7-16-10(8)15-3-1-2-9-13-4-5-14-9/h4-7H,1-3H2,(H,13,14)(H,12,15,16). The quantitative estimate of drug-likeness (QED) is 0.780. The summed E-state index contributed by atoms with van der Waals surface area (Å²) >= 11 is 5.90. The lowest BCUT2D eigenvalue weighted by Crippen LogP contribution is -2.05. The van der Waals surface area contributed by atoms with E-state index in [-0.39, 0.29) is 0 Å². The van der Waals surface area contributed by atoms with E-state index in [1.54, 1.807) is 12.4 Å². The fourth-order valence-corrected chi connectivity index (χ4v) is 1.51. The zero-order valence-corrected chi connectivity index (χ0v) is 9.41. The SMILES string of the molecule is Clc1cncnc1NCCCc1ncc[nH]1. The second kappa shape index (κ2) is 5.46. The van der Waals surface area contributed by atoms with E-state index < -0.39 is 0 Å². The highest BCUT2D eigenvalue weighted by atomic mass is 35.5. The Morgan fingerprint density at radius 2 is 2.31 bits per heavy atom. The predicted molar refractivity (Wildman–Crippen MR) is 62.4 cm³/mol. The molecule has 6 heteroatoms. The van der Waals surface area contributed by atoms with Crippen molar-refractivity contribution in [1.82, 2.24) is 19.9 Å². The third-order valence-corrected chi connectivity index (χ3v) is 2.38. The van der Waals surface area contributed by atoms with Crippen molar-refractivity contribution < 1.29 is 0 Å². The Bertz CT molecular complexity index is 429. The van der Waals surface area contributed by atoms with E-state index in [0.29, 0.717) is 10.8 Å². The third-order valence-electron chi connectivity index (χ3n) is 2.11. The molecule has 2 rings (SSSR count). The smallest absolute Gasteiger partial charge is 0.148 e. The number of aryl methyl sites for hydroxylation is 1. The number of hydrogen-bond donors (Lipinski definition) is 2. The van der Waals surface area contributed by atoms with Crippen LogP contribution in [0.4, 0.5) is 5.82 Å². The molecule has 0 bridgehead atoms. The number of halogens is 1. The molecule has 0 radical (unpaired) electrons. The second-order valence-corrected chi connectivity index (χ2v) is 3.69. The molecular formula is C10H12ClN5. The van der Waals surface area contributed by atoms with Crippen LogP contribution in [0.25, 0.3) is 0 Å². The van der Waals surface area contributed by atoms with E-state index in [2.05, 4.69) is 25.3 Å². The van der Waals surface area contributed by atoms with Crippen LogP contribution in [0.3, 0.4) is 0 Å². The molecule has 2 heterocycles. The number of imidazole rings is 1. The maximum absolute atomic E-state index is 5.90. The van der Waals surface area contributed by atoms with Gasteiger partial charge in [0.2, 0.25) is 0 Å². The molecule has 0 unspecified atom stereocenters. The summed E-state index contributed by atoms with van der Waals surface area (Å²) in [7, 11) is 0. The summed E-state index contributed by atoms with van der Waals surface area (Å²) in [5, 5.41) is 3.69. The Balaban J connectivity index is 1.74. The maximum atomic E-state index is 5.90. The summed E-state index contributed by atoms with van der Waals surface area (Å²) in [6.07, 6.45) is 8.49. The number of anilines is 1. The summed E-state index contributed by atoms with van der Waals surface area (Å²) in [5.74, 6) is 1.67. The Hall–Kier alpha value is -1.62. The van der Waals surface area contributed by atoms with Gasteiger partial charge in [-0.05, 0) is 6.42 Å². The molecule has 0 atom stereocenters. The van der Waals surface area contributed by atoms with Gasteiger partial charge in [-0.15, -0.1) is 0 Å². The van der Waals surface area contributed by atoms with E-state index >= 15 is 0 Å². The van der Waals surface area contributed by atoms with Crippen LogP contribution in [0, 0.1) is 0 Å². The Morgan fingerprint density at radius 1 is 1.38 bits per heavy atom. The monoisotopic (exact) mass is 237 g/mol. The molecule has 84 valence electrons. The van der Waals surface area contributed by atoms with Gasteiger partial charge in [0.1, 0.15) is 23.0 Å². The largest absolute Gasteiger partial charge is 0.369 e. The molecule has 0 aliphatic heterocycles. The summed E-state index contributed by atoms with van der Waals surface area (Å²) in [6, 6.07) is 0. The van der Waals surface area contributed by atoms with Gasteiger partial charge in [-0.2, -0.15) is 0 Å². The van der Waals surface area contributed by atoms with Crippen LogP contribution in [0.2, 0.25) is 5.02 Å². The first-order valence-electron chi connectivity index (χ1n) is 5.04. The van der Waals surface area contributed by atoms with Crippen molar-refractivity contribution in [3.05, 3.63) is 35.8 Å². The summed E-state index contributed by atoms with van der Waals surface area (Å²) < 4.78 is 0. The molecule has 5 nitrogen and oxygen atoms in total. The molecule has 0 saturated carbocycles. The molecule has 16 heavy (non-hydrogen) atoms. The number of rotatable bonds is 5. The fraction of sp³-hybridized carbons (Fsp3) is 0.300. The van der Waals surface area contributed by atoms with Crippen LogP contribution in [0.1, 0.15) is 12.2 Å². The lowest BCUT2D eigenvalue weighted by molar-refractivity contribution is 0.813. The number of nitrogens with one attached hydrogen (secondary N) is 2. The van der Waals surface area contributed by atoms with Crippen molar-refractivity contribution in [1.29, 1.82) is 0 Å². The highest BCUT2D eigenvalue weighted by Crippen LogP contribution is 2.15. The molecule has 0 fully saturated rings. The number of hydrogen-bond acceptors (Lipinski definition) is 4. The van der Waals surface area contributed by atoms with E-state index in [1.165, 1.54) is 6.33 Å². The Morgan fingerprint density at radius 3 is 3.06 bits per heavy atom. The molecule has 2 N–H and O–H groups in total. The first-order valence-corrected chi connectivity index (χ1v) is 5.41. The molecule has 2 aromatic heterocycles. The topological polar surface area (TPSA) is 66.5 Å². The fourth-order valence-electron chi connectivity index (χ4n) is 1.34. The Kier molecular flexibility index (Phi) is 3.71. The van der Waals surface area contributed by atoms with Gasteiger partial charge in [-0.1, -0.05) is 11.6 Å².